The summed E-state index contributed by atoms with van der Waals surface area (Å²) >= 11 is 0. The molecule has 0 atom stereocenters. The third-order valence-electron chi connectivity index (χ3n) is 2.99. The number of rotatable bonds is 4. The van der Waals surface area contributed by atoms with Crippen LogP contribution in [0.5, 0.6) is 0 Å². The summed E-state index contributed by atoms with van der Waals surface area (Å²) in [6.45, 7) is 5.51. The van der Waals surface area contributed by atoms with Gasteiger partial charge in [0.1, 0.15) is 17.5 Å². The zero-order valence-corrected chi connectivity index (χ0v) is 11.2. The van der Waals surface area contributed by atoms with Crippen molar-refractivity contribution in [3.8, 4) is 0 Å². The molecule has 0 heterocycles. The first kappa shape index (κ1) is 14.0. The number of hydrogen-bond acceptors (Lipinski definition) is 3. The van der Waals surface area contributed by atoms with Crippen molar-refractivity contribution in [2.24, 2.45) is 16.3 Å². The van der Waals surface area contributed by atoms with Gasteiger partial charge in [-0.05, 0) is 5.41 Å². The molecule has 96 valence electrons. The zero-order valence-electron chi connectivity index (χ0n) is 11.2. The lowest BCUT2D eigenvalue weighted by molar-refractivity contribution is -0.856. The maximum Gasteiger partial charge on any atom is 0.149 e. The molecule has 0 radical (unpaired) electrons. The number of quaternary nitrogens is 1. The molecule has 0 bridgehead atoms. The van der Waals surface area contributed by atoms with E-state index in [1.54, 1.807) is 6.21 Å². The standard InChI is InChI=1S/C13H22N2O2/c1-13(2)7-11(16)10(12(17)8-13)9-14-5-6-15(3)4/h9-10H,5-8H2,1-4H3/p+1. The maximum absolute atomic E-state index is 11.8. The van der Waals surface area contributed by atoms with Crippen LogP contribution in [0.2, 0.25) is 0 Å². The average Bonchev–Trinajstić information content (AvgIpc) is 2.12. The number of carbonyl (C=O) groups is 2. The van der Waals surface area contributed by atoms with Crippen LogP contribution in [0, 0.1) is 11.3 Å². The van der Waals surface area contributed by atoms with Crippen molar-refractivity contribution < 1.29 is 14.5 Å². The normalized spacial score (nSPS) is 21.7. The Labute approximate surface area is 103 Å². The van der Waals surface area contributed by atoms with Gasteiger partial charge in [-0.25, -0.2) is 0 Å². The highest BCUT2D eigenvalue weighted by Crippen LogP contribution is 2.33. The smallest absolute Gasteiger partial charge is 0.149 e. The highest BCUT2D eigenvalue weighted by atomic mass is 16.2. The lowest BCUT2D eigenvalue weighted by Gasteiger charge is -2.30. The van der Waals surface area contributed by atoms with Gasteiger partial charge in [-0.15, -0.1) is 0 Å². The molecule has 1 aliphatic carbocycles. The van der Waals surface area contributed by atoms with Gasteiger partial charge in [0.15, 0.2) is 0 Å². The van der Waals surface area contributed by atoms with Crippen LogP contribution in [-0.2, 0) is 9.59 Å². The van der Waals surface area contributed by atoms with Crippen molar-refractivity contribution in [2.75, 3.05) is 27.2 Å². The summed E-state index contributed by atoms with van der Waals surface area (Å²) in [5, 5.41) is 0. The molecule has 1 fully saturated rings. The first-order valence-electron chi connectivity index (χ1n) is 6.16. The van der Waals surface area contributed by atoms with Gasteiger partial charge in [0.25, 0.3) is 0 Å². The van der Waals surface area contributed by atoms with Gasteiger partial charge in [0.2, 0.25) is 0 Å². The van der Waals surface area contributed by atoms with Crippen molar-refractivity contribution in [1.29, 1.82) is 0 Å². The van der Waals surface area contributed by atoms with Crippen LogP contribution in [0.15, 0.2) is 4.99 Å². The minimum Gasteiger partial charge on any atom is -0.338 e. The van der Waals surface area contributed by atoms with E-state index < -0.39 is 5.92 Å². The number of aliphatic imine (C=N–C) groups is 1. The van der Waals surface area contributed by atoms with E-state index in [-0.39, 0.29) is 17.0 Å². The van der Waals surface area contributed by atoms with Gasteiger partial charge in [-0.2, -0.15) is 0 Å². The molecule has 0 aromatic heterocycles. The Bertz CT molecular complexity index is 312. The molecule has 1 aliphatic rings. The highest BCUT2D eigenvalue weighted by Gasteiger charge is 2.38. The average molecular weight is 239 g/mol. The van der Waals surface area contributed by atoms with Gasteiger partial charge < -0.3 is 4.90 Å². The van der Waals surface area contributed by atoms with Crippen LogP contribution >= 0.6 is 0 Å². The van der Waals surface area contributed by atoms with Crippen LogP contribution in [-0.4, -0.2) is 45.0 Å². The van der Waals surface area contributed by atoms with E-state index in [1.165, 1.54) is 4.90 Å². The highest BCUT2D eigenvalue weighted by molar-refractivity contribution is 6.16. The molecule has 0 aliphatic heterocycles. The minimum absolute atomic E-state index is 0.0206. The number of carbonyl (C=O) groups excluding carboxylic acids is 2. The summed E-state index contributed by atoms with van der Waals surface area (Å²) in [6.07, 6.45) is 2.52. The van der Waals surface area contributed by atoms with E-state index in [2.05, 4.69) is 19.1 Å². The third kappa shape index (κ3) is 4.38. The van der Waals surface area contributed by atoms with Crippen molar-refractivity contribution in [1.82, 2.24) is 0 Å². The molecule has 0 spiro atoms. The molecule has 17 heavy (non-hydrogen) atoms. The van der Waals surface area contributed by atoms with Gasteiger partial charge >= 0.3 is 0 Å². The fraction of sp³-hybridized carbons (Fsp3) is 0.769. The number of nitrogens with zero attached hydrogens (tertiary/aromatic N) is 1. The minimum atomic E-state index is -0.583. The molecule has 4 heteroatoms. The van der Waals surface area contributed by atoms with Crippen molar-refractivity contribution in [3.05, 3.63) is 0 Å². The van der Waals surface area contributed by atoms with E-state index in [0.717, 1.165) is 6.54 Å². The number of likely N-dealkylation sites (N-methyl/N-ethyl adjacent to an activating group) is 1. The number of hydrogen-bond donors (Lipinski definition) is 1. The van der Waals surface area contributed by atoms with E-state index >= 15 is 0 Å². The zero-order chi connectivity index (χ0) is 13.1. The molecule has 1 saturated carbocycles. The van der Waals surface area contributed by atoms with Gasteiger partial charge in [0, 0.05) is 19.1 Å². The molecule has 0 aromatic carbocycles. The van der Waals surface area contributed by atoms with Crippen molar-refractivity contribution in [2.45, 2.75) is 26.7 Å². The first-order valence-corrected chi connectivity index (χ1v) is 6.16. The van der Waals surface area contributed by atoms with E-state index in [1.807, 2.05) is 13.8 Å². The molecular weight excluding hydrogens is 216 g/mol. The van der Waals surface area contributed by atoms with Crippen molar-refractivity contribution >= 4 is 17.8 Å². The second kappa shape index (κ2) is 5.54. The van der Waals surface area contributed by atoms with Crippen molar-refractivity contribution in [3.63, 3.8) is 0 Å². The summed E-state index contributed by atoms with van der Waals surface area (Å²) in [5.74, 6) is -0.542. The summed E-state index contributed by atoms with van der Waals surface area (Å²) in [5.41, 5.74) is -0.174. The molecule has 0 aromatic rings. The topological polar surface area (TPSA) is 50.9 Å². The number of ketones is 2. The van der Waals surface area contributed by atoms with Crippen LogP contribution in [0.3, 0.4) is 0 Å². The molecule has 0 unspecified atom stereocenters. The van der Waals surface area contributed by atoms with Crippen LogP contribution in [0.4, 0.5) is 0 Å². The van der Waals surface area contributed by atoms with Crippen LogP contribution < -0.4 is 4.90 Å². The van der Waals surface area contributed by atoms with Gasteiger partial charge in [-0.1, -0.05) is 13.8 Å². The third-order valence-corrected chi connectivity index (χ3v) is 2.99. The second-order valence-electron chi connectivity index (χ2n) is 5.94. The number of nitrogens with one attached hydrogen (secondary N) is 1. The lowest BCUT2D eigenvalue weighted by atomic mass is 9.72. The maximum atomic E-state index is 11.8. The summed E-state index contributed by atoms with van der Waals surface area (Å²) in [7, 11) is 4.10. The molecule has 1 rings (SSSR count). The Balaban J connectivity index is 2.54. The second-order valence-corrected chi connectivity index (χ2v) is 5.94. The fourth-order valence-electron chi connectivity index (χ4n) is 2.04. The Morgan fingerprint density at radius 3 is 2.29 bits per heavy atom. The van der Waals surface area contributed by atoms with E-state index in [4.69, 9.17) is 0 Å². The molecule has 0 saturated heterocycles. The Morgan fingerprint density at radius 1 is 1.29 bits per heavy atom. The van der Waals surface area contributed by atoms with Crippen LogP contribution in [0.1, 0.15) is 26.7 Å². The number of Topliss-reactive ketones (excluding diaryl/α,β-unsaturated/α-hetero) is 2. The first-order chi connectivity index (χ1) is 7.82. The van der Waals surface area contributed by atoms with E-state index in [0.29, 0.717) is 19.4 Å². The molecule has 4 nitrogen and oxygen atoms in total. The molecule has 0 amide bonds. The Kier molecular flexibility index (Phi) is 4.57. The predicted molar refractivity (Wildman–Crippen MR) is 67.6 cm³/mol. The Hall–Kier alpha value is -1.03. The lowest BCUT2D eigenvalue weighted by Crippen LogP contribution is -3.06. The predicted octanol–water partition coefficient (Wildman–Crippen LogP) is -0.224. The summed E-state index contributed by atoms with van der Waals surface area (Å²) < 4.78 is 0. The fourth-order valence-corrected chi connectivity index (χ4v) is 2.04. The molecule has 1 N–H and O–H groups in total. The monoisotopic (exact) mass is 239 g/mol. The van der Waals surface area contributed by atoms with Crippen LogP contribution in [0.25, 0.3) is 0 Å². The SMILES string of the molecule is C[NH+](C)CCN=CC1C(=O)CC(C)(C)CC1=O. The molecular formula is C13H23N2O2+. The van der Waals surface area contributed by atoms with E-state index in [9.17, 15) is 9.59 Å². The quantitative estimate of drug-likeness (QED) is 0.544. The summed E-state index contributed by atoms with van der Waals surface area (Å²) in [6, 6.07) is 0. The van der Waals surface area contributed by atoms with Gasteiger partial charge in [-0.3, -0.25) is 14.6 Å². The largest absolute Gasteiger partial charge is 0.338 e. The summed E-state index contributed by atoms with van der Waals surface area (Å²) in [4.78, 5) is 29.2. The van der Waals surface area contributed by atoms with Gasteiger partial charge in [0.05, 0.1) is 27.2 Å². The Morgan fingerprint density at radius 2 is 1.82 bits per heavy atom.